The Hall–Kier alpha value is -3.19. The van der Waals surface area contributed by atoms with E-state index >= 15 is 0 Å². The summed E-state index contributed by atoms with van der Waals surface area (Å²) in [7, 11) is 3.53. The summed E-state index contributed by atoms with van der Waals surface area (Å²) in [6, 6.07) is 11.9. The van der Waals surface area contributed by atoms with Crippen molar-refractivity contribution in [3.05, 3.63) is 81.5 Å². The second-order valence-corrected chi connectivity index (χ2v) is 6.34. The maximum Gasteiger partial charge on any atom is 0.292 e. The van der Waals surface area contributed by atoms with Crippen molar-refractivity contribution in [2.24, 2.45) is 0 Å². The second kappa shape index (κ2) is 7.59. The smallest absolute Gasteiger partial charge is 0.292 e. The summed E-state index contributed by atoms with van der Waals surface area (Å²) in [5, 5.41) is 6.79. The van der Waals surface area contributed by atoms with Crippen molar-refractivity contribution in [2.75, 3.05) is 24.3 Å². The van der Waals surface area contributed by atoms with Gasteiger partial charge in [-0.3, -0.25) is 9.59 Å². The first kappa shape index (κ1) is 18.6. The molecule has 2 aromatic carbocycles. The summed E-state index contributed by atoms with van der Waals surface area (Å²) in [5.74, 6) is -0.833. The molecule has 1 aromatic heterocycles. The Bertz CT molecular complexity index is 1050. The van der Waals surface area contributed by atoms with Crippen LogP contribution in [0.1, 0.15) is 10.4 Å². The highest BCUT2D eigenvalue weighted by Gasteiger charge is 2.13. The van der Waals surface area contributed by atoms with Gasteiger partial charge in [-0.25, -0.2) is 4.39 Å². The van der Waals surface area contributed by atoms with Gasteiger partial charge in [0.25, 0.3) is 11.5 Å². The third-order valence-electron chi connectivity index (χ3n) is 3.84. The van der Waals surface area contributed by atoms with Gasteiger partial charge < -0.3 is 10.2 Å². The van der Waals surface area contributed by atoms with Crippen LogP contribution in [-0.4, -0.2) is 29.8 Å². The topological polar surface area (TPSA) is 67.2 Å². The second-order valence-electron chi connectivity index (χ2n) is 5.97. The third kappa shape index (κ3) is 3.98. The minimum Gasteiger partial charge on any atom is -0.375 e. The number of halogens is 2. The summed E-state index contributed by atoms with van der Waals surface area (Å²) in [6.45, 7) is 0. The highest BCUT2D eigenvalue weighted by atomic mass is 35.5. The molecule has 138 valence electrons. The molecule has 0 bridgehead atoms. The molecular formula is C19H16ClFN4O2. The van der Waals surface area contributed by atoms with Crippen molar-refractivity contribution in [3.63, 3.8) is 0 Å². The zero-order valence-electron chi connectivity index (χ0n) is 14.6. The molecule has 0 fully saturated rings. The minimum absolute atomic E-state index is 0.0583. The Morgan fingerprint density at radius 1 is 1.19 bits per heavy atom. The number of carbonyl (C=O) groups is 1. The molecule has 0 aliphatic carbocycles. The van der Waals surface area contributed by atoms with Crippen LogP contribution < -0.4 is 15.8 Å². The molecule has 0 unspecified atom stereocenters. The largest absolute Gasteiger partial charge is 0.375 e. The zero-order valence-corrected chi connectivity index (χ0v) is 15.4. The monoisotopic (exact) mass is 386 g/mol. The van der Waals surface area contributed by atoms with Gasteiger partial charge in [0.15, 0.2) is 0 Å². The molecule has 0 saturated heterocycles. The SMILES string of the molecule is CN(C)c1cnn(-c2ccc(C(=O)Nc3cccc(F)c3)cc2)c(=O)c1Cl. The van der Waals surface area contributed by atoms with Crippen LogP contribution in [0.5, 0.6) is 0 Å². The number of hydrogen-bond donors (Lipinski definition) is 1. The number of carbonyl (C=O) groups excluding carboxylic acids is 1. The lowest BCUT2D eigenvalue weighted by Crippen LogP contribution is -2.24. The summed E-state index contributed by atoms with van der Waals surface area (Å²) in [6.07, 6.45) is 1.49. The summed E-state index contributed by atoms with van der Waals surface area (Å²) in [4.78, 5) is 26.4. The average Bonchev–Trinajstić information content (AvgIpc) is 2.64. The van der Waals surface area contributed by atoms with Gasteiger partial charge >= 0.3 is 0 Å². The van der Waals surface area contributed by atoms with Crippen LogP contribution in [-0.2, 0) is 0 Å². The molecular weight excluding hydrogens is 371 g/mol. The molecule has 8 heteroatoms. The Morgan fingerprint density at radius 3 is 2.52 bits per heavy atom. The fourth-order valence-corrected chi connectivity index (χ4v) is 2.74. The van der Waals surface area contributed by atoms with E-state index in [2.05, 4.69) is 10.4 Å². The van der Waals surface area contributed by atoms with Crippen LogP contribution >= 0.6 is 11.6 Å². The van der Waals surface area contributed by atoms with Crippen LogP contribution in [0.15, 0.2) is 59.5 Å². The Kier molecular flexibility index (Phi) is 5.23. The highest BCUT2D eigenvalue weighted by molar-refractivity contribution is 6.33. The van der Waals surface area contributed by atoms with Crippen molar-refractivity contribution in [2.45, 2.75) is 0 Å². The van der Waals surface area contributed by atoms with Crippen molar-refractivity contribution in [1.29, 1.82) is 0 Å². The van der Waals surface area contributed by atoms with Gasteiger partial charge in [-0.05, 0) is 42.5 Å². The van der Waals surface area contributed by atoms with Gasteiger partial charge in [0, 0.05) is 25.3 Å². The fourth-order valence-electron chi connectivity index (χ4n) is 2.44. The first-order chi connectivity index (χ1) is 12.9. The average molecular weight is 387 g/mol. The van der Waals surface area contributed by atoms with E-state index in [-0.39, 0.29) is 5.02 Å². The number of rotatable bonds is 4. The van der Waals surface area contributed by atoms with Gasteiger partial charge in [0.2, 0.25) is 0 Å². The minimum atomic E-state index is -0.458. The van der Waals surface area contributed by atoms with Crippen LogP contribution in [0.3, 0.4) is 0 Å². The predicted octanol–water partition coefficient (Wildman–Crippen LogP) is 3.34. The maximum atomic E-state index is 13.2. The lowest BCUT2D eigenvalue weighted by Gasteiger charge is -2.14. The summed E-state index contributed by atoms with van der Waals surface area (Å²) in [5.41, 5.74) is 1.23. The van der Waals surface area contributed by atoms with Gasteiger partial charge in [0.05, 0.1) is 17.6 Å². The lowest BCUT2D eigenvalue weighted by molar-refractivity contribution is 0.102. The molecule has 3 aromatic rings. The van der Waals surface area contributed by atoms with E-state index in [1.807, 2.05) is 0 Å². The van der Waals surface area contributed by atoms with Crippen molar-refractivity contribution < 1.29 is 9.18 Å². The van der Waals surface area contributed by atoms with E-state index < -0.39 is 17.3 Å². The maximum absolute atomic E-state index is 13.2. The van der Waals surface area contributed by atoms with Gasteiger partial charge in [-0.2, -0.15) is 9.78 Å². The fraction of sp³-hybridized carbons (Fsp3) is 0.105. The normalized spacial score (nSPS) is 10.5. The van der Waals surface area contributed by atoms with Gasteiger partial charge in [0.1, 0.15) is 10.8 Å². The summed E-state index contributed by atoms with van der Waals surface area (Å²) >= 11 is 6.12. The van der Waals surface area contributed by atoms with Crippen LogP contribution in [0.4, 0.5) is 15.8 Å². The molecule has 0 radical (unpaired) electrons. The molecule has 1 amide bonds. The number of benzene rings is 2. The molecule has 1 heterocycles. The Balaban J connectivity index is 1.84. The van der Waals surface area contributed by atoms with Gasteiger partial charge in [-0.1, -0.05) is 17.7 Å². The number of amides is 1. The van der Waals surface area contributed by atoms with Gasteiger partial charge in [-0.15, -0.1) is 0 Å². The number of aromatic nitrogens is 2. The quantitative estimate of drug-likeness (QED) is 0.746. The third-order valence-corrected chi connectivity index (χ3v) is 4.19. The van der Waals surface area contributed by atoms with Crippen LogP contribution in [0, 0.1) is 5.82 Å². The van der Waals surface area contributed by atoms with Crippen molar-refractivity contribution >= 4 is 28.9 Å². The van der Waals surface area contributed by atoms with Crippen molar-refractivity contribution in [1.82, 2.24) is 9.78 Å². The zero-order chi connectivity index (χ0) is 19.6. The van der Waals surface area contributed by atoms with Crippen LogP contribution in [0.2, 0.25) is 5.02 Å². The number of nitrogens with zero attached hydrogens (tertiary/aromatic N) is 3. The van der Waals surface area contributed by atoms with E-state index in [4.69, 9.17) is 11.6 Å². The Labute approximate surface area is 159 Å². The molecule has 0 saturated carbocycles. The molecule has 27 heavy (non-hydrogen) atoms. The summed E-state index contributed by atoms with van der Waals surface area (Å²) < 4.78 is 14.4. The lowest BCUT2D eigenvalue weighted by atomic mass is 10.2. The van der Waals surface area contributed by atoms with E-state index in [9.17, 15) is 14.0 Å². The molecule has 1 N–H and O–H groups in total. The Morgan fingerprint density at radius 2 is 1.89 bits per heavy atom. The molecule has 6 nitrogen and oxygen atoms in total. The molecule has 3 rings (SSSR count). The van der Waals surface area contributed by atoms with E-state index in [1.165, 1.54) is 24.4 Å². The molecule has 0 aliphatic rings. The molecule has 0 aliphatic heterocycles. The molecule has 0 spiro atoms. The first-order valence-electron chi connectivity index (χ1n) is 7.99. The van der Waals surface area contributed by atoms with Crippen LogP contribution in [0.25, 0.3) is 5.69 Å². The first-order valence-corrected chi connectivity index (χ1v) is 8.37. The van der Waals surface area contributed by atoms with E-state index in [1.54, 1.807) is 49.3 Å². The van der Waals surface area contributed by atoms with E-state index in [0.29, 0.717) is 22.6 Å². The van der Waals surface area contributed by atoms with Crippen molar-refractivity contribution in [3.8, 4) is 5.69 Å². The van der Waals surface area contributed by atoms with E-state index in [0.717, 1.165) is 4.68 Å². The number of nitrogens with one attached hydrogen (secondary N) is 1. The number of hydrogen-bond acceptors (Lipinski definition) is 4. The highest BCUT2D eigenvalue weighted by Crippen LogP contribution is 2.19. The predicted molar refractivity (Wildman–Crippen MR) is 104 cm³/mol. The molecule has 0 atom stereocenters. The number of anilines is 2. The standard InChI is InChI=1S/C19H16ClFN4O2/c1-24(2)16-11-22-25(19(27)17(16)20)15-8-6-12(7-9-15)18(26)23-14-5-3-4-13(21)10-14/h3-11H,1-2H3,(H,23,26).